The van der Waals surface area contributed by atoms with Gasteiger partial charge in [-0.15, -0.1) is 0 Å². The van der Waals surface area contributed by atoms with Gasteiger partial charge in [0.2, 0.25) is 5.91 Å². The predicted molar refractivity (Wildman–Crippen MR) is 137 cm³/mol. The van der Waals surface area contributed by atoms with Crippen LogP contribution >= 0.6 is 11.6 Å². The molecule has 0 saturated carbocycles. The Morgan fingerprint density at radius 1 is 1.14 bits per heavy atom. The second-order valence-electron chi connectivity index (χ2n) is 8.95. The average molecular weight is 497 g/mol. The second-order valence-corrected chi connectivity index (χ2v) is 9.38. The number of hydrogen-bond acceptors (Lipinski definition) is 4. The van der Waals surface area contributed by atoms with Crippen molar-refractivity contribution in [2.45, 2.75) is 37.9 Å². The molecular formula is C27H30ClFN4O2. The van der Waals surface area contributed by atoms with Gasteiger partial charge in [0.1, 0.15) is 5.82 Å². The van der Waals surface area contributed by atoms with Gasteiger partial charge in [-0.25, -0.2) is 4.39 Å². The zero-order valence-corrected chi connectivity index (χ0v) is 20.2. The van der Waals surface area contributed by atoms with Crippen LogP contribution in [0.5, 0.6) is 0 Å². The van der Waals surface area contributed by atoms with Gasteiger partial charge in [-0.05, 0) is 72.5 Å². The fourth-order valence-electron chi connectivity index (χ4n) is 4.50. The Hall–Kier alpha value is -3.00. The summed E-state index contributed by atoms with van der Waals surface area (Å²) in [6.45, 7) is 1.62. The molecule has 2 atom stereocenters. The van der Waals surface area contributed by atoms with E-state index >= 15 is 0 Å². The number of carbonyl (C=O) groups is 2. The zero-order valence-electron chi connectivity index (χ0n) is 19.5. The first-order valence-corrected chi connectivity index (χ1v) is 12.3. The summed E-state index contributed by atoms with van der Waals surface area (Å²) in [6, 6.07) is 17.3. The van der Waals surface area contributed by atoms with Crippen molar-refractivity contribution in [1.29, 1.82) is 0 Å². The highest BCUT2D eigenvalue weighted by Crippen LogP contribution is 2.19. The molecule has 1 aliphatic rings. The van der Waals surface area contributed by atoms with E-state index in [2.05, 4.69) is 10.6 Å². The van der Waals surface area contributed by atoms with Crippen molar-refractivity contribution in [2.24, 2.45) is 5.73 Å². The largest absolute Gasteiger partial charge is 0.350 e. The van der Waals surface area contributed by atoms with Crippen molar-refractivity contribution >= 4 is 34.2 Å². The van der Waals surface area contributed by atoms with Crippen LogP contribution in [0.2, 0.25) is 5.02 Å². The van der Waals surface area contributed by atoms with Gasteiger partial charge in [0.25, 0.3) is 5.91 Å². The third-order valence-electron chi connectivity index (χ3n) is 6.31. The average Bonchev–Trinajstić information content (AvgIpc) is 2.99. The van der Waals surface area contributed by atoms with E-state index in [0.29, 0.717) is 55.0 Å². The predicted octanol–water partition coefficient (Wildman–Crippen LogP) is 3.86. The molecule has 0 bridgehead atoms. The van der Waals surface area contributed by atoms with E-state index in [1.165, 1.54) is 12.1 Å². The van der Waals surface area contributed by atoms with Crippen LogP contribution in [0.15, 0.2) is 60.7 Å². The van der Waals surface area contributed by atoms with E-state index < -0.39 is 11.9 Å². The molecule has 0 radical (unpaired) electrons. The fraction of sp³-hybridized carbons (Fsp3) is 0.333. The van der Waals surface area contributed by atoms with Crippen molar-refractivity contribution in [3.8, 4) is 0 Å². The van der Waals surface area contributed by atoms with Crippen LogP contribution in [-0.2, 0) is 11.3 Å². The summed E-state index contributed by atoms with van der Waals surface area (Å²) in [6.07, 6.45) is 1.93. The summed E-state index contributed by atoms with van der Waals surface area (Å²) in [5.41, 5.74) is 6.93. The van der Waals surface area contributed by atoms with Crippen LogP contribution in [0.3, 0.4) is 0 Å². The monoisotopic (exact) mass is 496 g/mol. The number of nitrogens with zero attached hydrogens (tertiary/aromatic N) is 1. The van der Waals surface area contributed by atoms with Crippen LogP contribution in [0, 0.1) is 5.82 Å². The summed E-state index contributed by atoms with van der Waals surface area (Å²) in [5.74, 6) is -0.637. The first kappa shape index (κ1) is 25.1. The smallest absolute Gasteiger partial charge is 0.251 e. The summed E-state index contributed by atoms with van der Waals surface area (Å²) < 4.78 is 13.8. The number of halogens is 2. The number of carbonyl (C=O) groups excluding carboxylic acids is 2. The van der Waals surface area contributed by atoms with Crippen LogP contribution < -0.4 is 16.4 Å². The van der Waals surface area contributed by atoms with Crippen molar-refractivity contribution in [3.05, 3.63) is 82.6 Å². The van der Waals surface area contributed by atoms with Gasteiger partial charge in [-0.3, -0.25) is 9.59 Å². The molecule has 3 aromatic rings. The molecule has 0 aromatic heterocycles. The number of amides is 2. The molecule has 8 heteroatoms. The van der Waals surface area contributed by atoms with Gasteiger partial charge in [-0.2, -0.15) is 0 Å². The van der Waals surface area contributed by atoms with Crippen molar-refractivity contribution < 1.29 is 14.0 Å². The Kier molecular flexibility index (Phi) is 8.33. The molecule has 0 aliphatic carbocycles. The molecule has 184 valence electrons. The summed E-state index contributed by atoms with van der Waals surface area (Å²) in [4.78, 5) is 27.8. The molecule has 3 aromatic carbocycles. The molecule has 1 heterocycles. The van der Waals surface area contributed by atoms with E-state index in [9.17, 15) is 14.0 Å². The number of nitrogens with one attached hydrogen (secondary N) is 2. The zero-order chi connectivity index (χ0) is 24.8. The van der Waals surface area contributed by atoms with Gasteiger partial charge >= 0.3 is 0 Å². The third kappa shape index (κ3) is 6.57. The Morgan fingerprint density at radius 3 is 2.71 bits per heavy atom. The van der Waals surface area contributed by atoms with Crippen molar-refractivity contribution in [2.75, 3.05) is 19.6 Å². The number of rotatable bonds is 8. The van der Waals surface area contributed by atoms with Gasteiger partial charge in [0, 0.05) is 36.3 Å². The molecule has 4 rings (SSSR count). The lowest BCUT2D eigenvalue weighted by molar-refractivity contribution is -0.133. The van der Waals surface area contributed by atoms with Gasteiger partial charge in [0.05, 0.1) is 6.04 Å². The molecule has 1 saturated heterocycles. The van der Waals surface area contributed by atoms with Crippen LogP contribution in [0.4, 0.5) is 4.39 Å². The fourth-order valence-corrected chi connectivity index (χ4v) is 4.74. The third-order valence-corrected chi connectivity index (χ3v) is 6.53. The van der Waals surface area contributed by atoms with Gasteiger partial charge < -0.3 is 21.3 Å². The minimum atomic E-state index is -0.429. The van der Waals surface area contributed by atoms with Crippen LogP contribution in [0.1, 0.15) is 35.2 Å². The molecule has 0 unspecified atom stereocenters. The minimum absolute atomic E-state index is 0.0535. The van der Waals surface area contributed by atoms with E-state index in [0.717, 1.165) is 10.8 Å². The van der Waals surface area contributed by atoms with E-state index in [4.69, 9.17) is 17.3 Å². The molecule has 1 aliphatic heterocycles. The maximum absolute atomic E-state index is 13.8. The van der Waals surface area contributed by atoms with Gasteiger partial charge in [-0.1, -0.05) is 41.9 Å². The molecule has 2 amide bonds. The molecule has 35 heavy (non-hydrogen) atoms. The normalized spacial score (nSPS) is 18.5. The Balaban J connectivity index is 1.43. The van der Waals surface area contributed by atoms with Crippen LogP contribution in [0.25, 0.3) is 10.8 Å². The minimum Gasteiger partial charge on any atom is -0.350 e. The highest BCUT2D eigenvalue weighted by molar-refractivity contribution is 6.30. The lowest BCUT2D eigenvalue weighted by Gasteiger charge is -2.25. The first-order chi connectivity index (χ1) is 16.9. The Labute approximate surface area is 209 Å². The highest BCUT2D eigenvalue weighted by Gasteiger charge is 2.30. The van der Waals surface area contributed by atoms with Crippen molar-refractivity contribution in [3.63, 3.8) is 0 Å². The van der Waals surface area contributed by atoms with E-state index in [-0.39, 0.29) is 24.4 Å². The second kappa shape index (κ2) is 11.6. The van der Waals surface area contributed by atoms with E-state index in [1.54, 1.807) is 11.0 Å². The molecule has 0 spiro atoms. The van der Waals surface area contributed by atoms with Gasteiger partial charge in [0.15, 0.2) is 0 Å². The highest BCUT2D eigenvalue weighted by atomic mass is 35.5. The summed E-state index contributed by atoms with van der Waals surface area (Å²) in [7, 11) is 0. The lowest BCUT2D eigenvalue weighted by atomic mass is 10.1. The lowest BCUT2D eigenvalue weighted by Crippen LogP contribution is -2.48. The maximum atomic E-state index is 13.8. The topological polar surface area (TPSA) is 87.5 Å². The Morgan fingerprint density at radius 2 is 1.94 bits per heavy atom. The number of fused-ring (bicyclic) bond motifs is 1. The van der Waals surface area contributed by atoms with Crippen LogP contribution in [-0.4, -0.2) is 48.4 Å². The standard InChI is InChI=1S/C27H30ClFN4O2/c28-22-12-18(13-23(29)15-22)17-33-11-9-24(32-25(27(33)35)6-3-10-30)16-31-26(34)21-8-7-19-4-1-2-5-20(19)14-21/h1-2,4-5,7-8,12-15,24-25,32H,3,6,9-11,16-17,30H2,(H,31,34)/t24-,25-/m0/s1. The van der Waals surface area contributed by atoms with E-state index in [1.807, 2.05) is 42.5 Å². The number of benzene rings is 3. The Bertz CT molecular complexity index is 1180. The van der Waals surface area contributed by atoms with Crippen molar-refractivity contribution in [1.82, 2.24) is 15.5 Å². The quantitative estimate of drug-likeness (QED) is 0.442. The first-order valence-electron chi connectivity index (χ1n) is 11.9. The summed E-state index contributed by atoms with van der Waals surface area (Å²) in [5, 5.41) is 8.81. The molecule has 4 N–H and O–H groups in total. The number of hydrogen-bond donors (Lipinski definition) is 3. The molecule has 1 fully saturated rings. The number of nitrogens with two attached hydrogens (primary N) is 1. The SMILES string of the molecule is NCCC[C@@H]1N[C@H](CNC(=O)c2ccc3ccccc3c2)CCN(Cc2cc(F)cc(Cl)c2)C1=O. The summed E-state index contributed by atoms with van der Waals surface area (Å²) >= 11 is 6.00. The maximum Gasteiger partial charge on any atom is 0.251 e. The molecule has 6 nitrogen and oxygen atoms in total. The molecular weight excluding hydrogens is 467 g/mol.